The summed E-state index contributed by atoms with van der Waals surface area (Å²) >= 11 is 0. The van der Waals surface area contributed by atoms with Crippen LogP contribution < -0.4 is 0 Å². The van der Waals surface area contributed by atoms with Gasteiger partial charge in [-0.15, -0.1) is 0 Å². The molecule has 3 nitrogen and oxygen atoms in total. The van der Waals surface area contributed by atoms with Crippen LogP contribution in [0, 0.1) is 11.3 Å². The van der Waals surface area contributed by atoms with Crippen molar-refractivity contribution < 1.29 is 15.0 Å². The molecule has 2 N–H and O–H groups in total. The van der Waals surface area contributed by atoms with Crippen molar-refractivity contribution in [1.29, 1.82) is 0 Å². The summed E-state index contributed by atoms with van der Waals surface area (Å²) in [5.41, 5.74) is -1.98. The van der Waals surface area contributed by atoms with E-state index in [1.165, 1.54) is 0 Å². The minimum Gasteiger partial charge on any atom is -0.481 e. The Morgan fingerprint density at radius 2 is 1.88 bits per heavy atom. The highest BCUT2D eigenvalue weighted by atomic mass is 16.4. The molecule has 0 aromatic heterocycles. The summed E-state index contributed by atoms with van der Waals surface area (Å²) < 4.78 is 0. The van der Waals surface area contributed by atoms with Gasteiger partial charge in [0.15, 0.2) is 0 Å². The van der Waals surface area contributed by atoms with Crippen molar-refractivity contribution in [3.63, 3.8) is 0 Å². The molecule has 0 aromatic carbocycles. The molecule has 0 bridgehead atoms. The second-order valence-corrected chi connectivity index (χ2v) is 5.66. The highest BCUT2D eigenvalue weighted by molar-refractivity contribution is 5.76. The van der Waals surface area contributed by atoms with Gasteiger partial charge in [0, 0.05) is 0 Å². The molecule has 3 heteroatoms. The molecule has 0 heterocycles. The van der Waals surface area contributed by atoms with Crippen LogP contribution in [0.4, 0.5) is 0 Å². The van der Waals surface area contributed by atoms with Gasteiger partial charge in [0.25, 0.3) is 0 Å². The second-order valence-electron chi connectivity index (χ2n) is 5.66. The zero-order valence-corrected chi connectivity index (χ0v) is 11.3. The van der Waals surface area contributed by atoms with E-state index < -0.39 is 17.0 Å². The predicted octanol–water partition coefficient (Wildman–Crippen LogP) is 3.21. The molecule has 0 aliphatic heterocycles. The molecule has 2 atom stereocenters. The summed E-state index contributed by atoms with van der Waals surface area (Å²) in [6.45, 7) is 5.94. The minimum atomic E-state index is -1.02. The Balaban J connectivity index is 3.02. The molecule has 0 spiro atoms. The Hall–Kier alpha value is -0.570. The molecule has 17 heavy (non-hydrogen) atoms. The van der Waals surface area contributed by atoms with Crippen LogP contribution in [-0.4, -0.2) is 21.8 Å². The first-order chi connectivity index (χ1) is 7.92. The van der Waals surface area contributed by atoms with E-state index in [1.54, 1.807) is 0 Å². The van der Waals surface area contributed by atoms with Gasteiger partial charge in [-0.2, -0.15) is 0 Å². The highest BCUT2D eigenvalue weighted by Crippen LogP contribution is 2.47. The molecule has 1 aliphatic carbocycles. The number of aliphatic carboxylic acids is 1. The number of hydrogen-bond donors (Lipinski definition) is 2. The third-order valence-corrected chi connectivity index (χ3v) is 4.85. The van der Waals surface area contributed by atoms with Crippen LogP contribution in [0.5, 0.6) is 0 Å². The lowest BCUT2D eigenvalue weighted by molar-refractivity contribution is -0.174. The van der Waals surface area contributed by atoms with Crippen molar-refractivity contribution in [1.82, 2.24) is 0 Å². The number of hydrogen-bond acceptors (Lipinski definition) is 2. The van der Waals surface area contributed by atoms with Gasteiger partial charge in [-0.05, 0) is 38.0 Å². The lowest BCUT2D eigenvalue weighted by atomic mass is 9.64. The standard InChI is InChI=1S/C14H26O3/c1-4-13(5-2,12(15)16)14(17)9-6-7-11(3)8-10-14/h11,17H,4-10H2,1-3H3,(H,15,16). The Labute approximate surface area is 104 Å². The average molecular weight is 242 g/mol. The molecule has 2 unspecified atom stereocenters. The molecular formula is C14H26O3. The van der Waals surface area contributed by atoms with Crippen molar-refractivity contribution >= 4 is 5.97 Å². The number of aliphatic hydroxyl groups is 1. The zero-order chi connectivity index (χ0) is 13.1. The first-order valence-corrected chi connectivity index (χ1v) is 6.87. The summed E-state index contributed by atoms with van der Waals surface area (Å²) in [5, 5.41) is 20.4. The fraction of sp³-hybridized carbons (Fsp3) is 0.929. The Morgan fingerprint density at radius 3 is 2.35 bits per heavy atom. The SMILES string of the molecule is CCC(CC)(C(=O)O)C1(O)CCCC(C)CC1. The largest absolute Gasteiger partial charge is 0.481 e. The van der Waals surface area contributed by atoms with Gasteiger partial charge in [-0.1, -0.05) is 33.6 Å². The van der Waals surface area contributed by atoms with Crippen LogP contribution in [0.3, 0.4) is 0 Å². The summed E-state index contributed by atoms with van der Waals surface area (Å²) in [6.07, 6.45) is 5.24. The summed E-state index contributed by atoms with van der Waals surface area (Å²) in [6, 6.07) is 0. The van der Waals surface area contributed by atoms with Crippen LogP contribution in [0.15, 0.2) is 0 Å². The van der Waals surface area contributed by atoms with Crippen LogP contribution in [-0.2, 0) is 4.79 Å². The maximum Gasteiger partial charge on any atom is 0.312 e. The zero-order valence-electron chi connectivity index (χ0n) is 11.3. The summed E-state index contributed by atoms with van der Waals surface area (Å²) in [7, 11) is 0. The number of carbonyl (C=O) groups is 1. The average Bonchev–Trinajstić information content (AvgIpc) is 2.44. The van der Waals surface area contributed by atoms with Crippen molar-refractivity contribution in [3.8, 4) is 0 Å². The van der Waals surface area contributed by atoms with E-state index in [9.17, 15) is 15.0 Å². The van der Waals surface area contributed by atoms with E-state index in [2.05, 4.69) is 6.92 Å². The maximum atomic E-state index is 11.6. The van der Waals surface area contributed by atoms with Gasteiger partial charge in [-0.3, -0.25) is 4.79 Å². The molecule has 1 aliphatic rings. The third kappa shape index (κ3) is 2.49. The van der Waals surface area contributed by atoms with E-state index in [4.69, 9.17) is 0 Å². The van der Waals surface area contributed by atoms with Gasteiger partial charge in [0.1, 0.15) is 0 Å². The molecule has 1 rings (SSSR count). The minimum absolute atomic E-state index is 0.504. The topological polar surface area (TPSA) is 57.5 Å². The smallest absolute Gasteiger partial charge is 0.312 e. The highest BCUT2D eigenvalue weighted by Gasteiger charge is 2.53. The number of rotatable bonds is 4. The predicted molar refractivity (Wildman–Crippen MR) is 67.8 cm³/mol. The van der Waals surface area contributed by atoms with Crippen molar-refractivity contribution in [2.45, 2.75) is 71.3 Å². The Kier molecular flexibility index (Phi) is 4.59. The van der Waals surface area contributed by atoms with Gasteiger partial charge in [0.2, 0.25) is 0 Å². The van der Waals surface area contributed by atoms with E-state index in [0.717, 1.165) is 19.3 Å². The summed E-state index contributed by atoms with van der Waals surface area (Å²) in [4.78, 5) is 11.6. The van der Waals surface area contributed by atoms with E-state index in [1.807, 2.05) is 13.8 Å². The van der Waals surface area contributed by atoms with Crippen LogP contribution in [0.2, 0.25) is 0 Å². The fourth-order valence-corrected chi connectivity index (χ4v) is 3.39. The molecule has 100 valence electrons. The third-order valence-electron chi connectivity index (χ3n) is 4.85. The van der Waals surface area contributed by atoms with Crippen LogP contribution >= 0.6 is 0 Å². The van der Waals surface area contributed by atoms with Crippen LogP contribution in [0.25, 0.3) is 0 Å². The molecule has 0 aromatic rings. The monoisotopic (exact) mass is 242 g/mol. The van der Waals surface area contributed by atoms with Crippen LogP contribution in [0.1, 0.15) is 65.7 Å². The van der Waals surface area contributed by atoms with Crippen molar-refractivity contribution in [2.24, 2.45) is 11.3 Å². The normalized spacial score (nSPS) is 30.9. The second kappa shape index (κ2) is 5.38. The fourth-order valence-electron chi connectivity index (χ4n) is 3.39. The van der Waals surface area contributed by atoms with Gasteiger partial charge in [0.05, 0.1) is 11.0 Å². The summed E-state index contributed by atoms with van der Waals surface area (Å²) in [5.74, 6) is -0.233. The maximum absolute atomic E-state index is 11.6. The lowest BCUT2D eigenvalue weighted by Crippen LogP contribution is -2.52. The number of carboxylic acids is 1. The molecule has 0 radical (unpaired) electrons. The Bertz CT molecular complexity index is 271. The molecule has 0 amide bonds. The van der Waals surface area contributed by atoms with E-state index in [0.29, 0.717) is 31.6 Å². The molecule has 0 saturated heterocycles. The molecule has 1 fully saturated rings. The van der Waals surface area contributed by atoms with E-state index >= 15 is 0 Å². The van der Waals surface area contributed by atoms with Gasteiger partial charge >= 0.3 is 5.97 Å². The first kappa shape index (κ1) is 14.5. The Morgan fingerprint density at radius 1 is 1.29 bits per heavy atom. The molecular weight excluding hydrogens is 216 g/mol. The van der Waals surface area contributed by atoms with Crippen molar-refractivity contribution in [3.05, 3.63) is 0 Å². The quantitative estimate of drug-likeness (QED) is 0.744. The molecule has 1 saturated carbocycles. The van der Waals surface area contributed by atoms with Crippen molar-refractivity contribution in [2.75, 3.05) is 0 Å². The first-order valence-electron chi connectivity index (χ1n) is 6.87. The number of carboxylic acid groups (broad SMARTS) is 1. The van der Waals surface area contributed by atoms with E-state index in [-0.39, 0.29) is 0 Å². The van der Waals surface area contributed by atoms with Gasteiger partial charge < -0.3 is 10.2 Å². The lowest BCUT2D eigenvalue weighted by Gasteiger charge is -2.43. The van der Waals surface area contributed by atoms with Gasteiger partial charge in [-0.25, -0.2) is 0 Å².